The van der Waals surface area contributed by atoms with Gasteiger partial charge in [-0.3, -0.25) is 0 Å². The van der Waals surface area contributed by atoms with E-state index in [9.17, 15) is 0 Å². The van der Waals surface area contributed by atoms with Gasteiger partial charge in [0.05, 0.1) is 4.21 Å². The van der Waals surface area contributed by atoms with Gasteiger partial charge in [0.25, 0.3) is 0 Å². The molecule has 1 nitrogen and oxygen atoms in total. The first-order chi connectivity index (χ1) is 6.74. The van der Waals surface area contributed by atoms with E-state index < -0.39 is 0 Å². The molecule has 0 fully saturated rings. The molecule has 0 spiro atoms. The highest BCUT2D eigenvalue weighted by Gasteiger charge is 2.12. The van der Waals surface area contributed by atoms with Crippen LogP contribution in [0.15, 0.2) is 21.7 Å². The van der Waals surface area contributed by atoms with Crippen molar-refractivity contribution in [2.45, 2.75) is 31.0 Å². The lowest BCUT2D eigenvalue weighted by Crippen LogP contribution is -2.35. The molecule has 0 aliphatic carbocycles. The Labute approximate surface area is 95.3 Å². The Bertz CT molecular complexity index is 231. The molecular weight excluding hydrogens is 210 g/mol. The molecule has 0 aromatic carbocycles. The number of thioether (sulfide) groups is 1. The van der Waals surface area contributed by atoms with Crippen molar-refractivity contribution in [3.63, 3.8) is 0 Å². The van der Waals surface area contributed by atoms with Gasteiger partial charge in [0.2, 0.25) is 0 Å². The summed E-state index contributed by atoms with van der Waals surface area (Å²) >= 11 is 3.79. The molecule has 0 aliphatic heterocycles. The van der Waals surface area contributed by atoms with Gasteiger partial charge >= 0.3 is 0 Å². The monoisotopic (exact) mass is 229 g/mol. The van der Waals surface area contributed by atoms with Crippen molar-refractivity contribution in [1.82, 2.24) is 5.32 Å². The van der Waals surface area contributed by atoms with Crippen LogP contribution in [0.3, 0.4) is 0 Å². The summed E-state index contributed by atoms with van der Waals surface area (Å²) in [5.74, 6) is 1.88. The summed E-state index contributed by atoms with van der Waals surface area (Å²) in [5, 5.41) is 5.67. The van der Waals surface area contributed by atoms with Gasteiger partial charge in [0.1, 0.15) is 0 Å². The molecule has 1 aromatic rings. The van der Waals surface area contributed by atoms with Gasteiger partial charge in [-0.15, -0.1) is 23.1 Å². The second-order valence-corrected chi connectivity index (χ2v) is 5.92. The van der Waals surface area contributed by atoms with Gasteiger partial charge in [-0.05, 0) is 23.9 Å². The van der Waals surface area contributed by atoms with E-state index in [-0.39, 0.29) is 0 Å². The average molecular weight is 229 g/mol. The third kappa shape index (κ3) is 4.03. The Morgan fingerprint density at radius 1 is 1.50 bits per heavy atom. The maximum absolute atomic E-state index is 3.53. The van der Waals surface area contributed by atoms with Crippen LogP contribution in [0.1, 0.15) is 20.8 Å². The van der Waals surface area contributed by atoms with E-state index in [2.05, 4.69) is 43.6 Å². The minimum absolute atomic E-state index is 0.632. The summed E-state index contributed by atoms with van der Waals surface area (Å²) in [4.78, 5) is 0. The highest BCUT2D eigenvalue weighted by atomic mass is 32.2. The Kier molecular flexibility index (Phi) is 5.60. The summed E-state index contributed by atoms with van der Waals surface area (Å²) in [7, 11) is 0. The maximum Gasteiger partial charge on any atom is 0.0599 e. The van der Waals surface area contributed by atoms with Gasteiger partial charge in [0.15, 0.2) is 0 Å². The molecule has 3 heteroatoms. The lowest BCUT2D eigenvalue weighted by molar-refractivity contribution is 0.443. The van der Waals surface area contributed by atoms with Crippen molar-refractivity contribution in [3.8, 4) is 0 Å². The molecule has 1 aromatic heterocycles. The fraction of sp³-hybridized carbons (Fsp3) is 0.636. The second-order valence-electron chi connectivity index (χ2n) is 3.65. The summed E-state index contributed by atoms with van der Waals surface area (Å²) in [5.41, 5.74) is 0. The summed E-state index contributed by atoms with van der Waals surface area (Å²) in [6, 6.07) is 4.94. The molecule has 0 bridgehead atoms. The molecular formula is C11H19NS2. The highest BCUT2D eigenvalue weighted by molar-refractivity contribution is 8.01. The van der Waals surface area contributed by atoms with Crippen LogP contribution in [0, 0.1) is 5.92 Å². The Balaban J connectivity index is 2.33. The van der Waals surface area contributed by atoms with Crippen molar-refractivity contribution >= 4 is 23.1 Å². The van der Waals surface area contributed by atoms with E-state index in [1.165, 1.54) is 9.96 Å². The molecule has 0 radical (unpaired) electrons. The summed E-state index contributed by atoms with van der Waals surface area (Å²) < 4.78 is 1.42. The molecule has 1 rings (SSSR count). The number of thiophene rings is 1. The smallest absolute Gasteiger partial charge is 0.0599 e. The van der Waals surface area contributed by atoms with Gasteiger partial charge in [-0.1, -0.05) is 26.8 Å². The normalized spacial score (nSPS) is 13.4. The first-order valence-electron chi connectivity index (χ1n) is 5.13. The number of hydrogen-bond donors (Lipinski definition) is 1. The zero-order valence-corrected chi connectivity index (χ0v) is 10.8. The van der Waals surface area contributed by atoms with Crippen LogP contribution in [0.4, 0.5) is 0 Å². The Hall–Kier alpha value is 0.01000. The minimum atomic E-state index is 0.632. The molecule has 0 saturated heterocycles. The molecule has 1 N–H and O–H groups in total. The lowest BCUT2D eigenvalue weighted by Gasteiger charge is -2.20. The molecule has 0 amide bonds. The number of rotatable bonds is 6. The van der Waals surface area contributed by atoms with E-state index >= 15 is 0 Å². The van der Waals surface area contributed by atoms with Crippen molar-refractivity contribution in [3.05, 3.63) is 17.5 Å². The highest BCUT2D eigenvalue weighted by Crippen LogP contribution is 2.25. The molecule has 1 atom stereocenters. The zero-order chi connectivity index (χ0) is 10.4. The maximum atomic E-state index is 3.53. The third-order valence-corrected chi connectivity index (χ3v) is 4.42. The fourth-order valence-electron chi connectivity index (χ4n) is 1.27. The first kappa shape index (κ1) is 12.1. The van der Waals surface area contributed by atoms with Crippen LogP contribution in [-0.4, -0.2) is 18.3 Å². The Morgan fingerprint density at radius 2 is 2.29 bits per heavy atom. The molecule has 0 saturated carbocycles. The summed E-state index contributed by atoms with van der Waals surface area (Å²) in [6.45, 7) is 7.80. The van der Waals surface area contributed by atoms with Crippen molar-refractivity contribution < 1.29 is 0 Å². The quantitative estimate of drug-likeness (QED) is 0.750. The number of hydrogen-bond acceptors (Lipinski definition) is 3. The van der Waals surface area contributed by atoms with E-state index in [0.29, 0.717) is 12.0 Å². The standard InChI is InChI=1S/C11H19NS2/c1-4-12-10(9(2)3)8-14-11-6-5-7-13-11/h5-7,9-10,12H,4,8H2,1-3H3. The van der Waals surface area contributed by atoms with Crippen LogP contribution in [-0.2, 0) is 0 Å². The first-order valence-corrected chi connectivity index (χ1v) is 7.00. The molecule has 1 unspecified atom stereocenters. The Morgan fingerprint density at radius 3 is 2.79 bits per heavy atom. The van der Waals surface area contributed by atoms with Gasteiger partial charge in [0, 0.05) is 11.8 Å². The average Bonchev–Trinajstić information content (AvgIpc) is 2.64. The predicted molar refractivity (Wildman–Crippen MR) is 67.3 cm³/mol. The van der Waals surface area contributed by atoms with Crippen molar-refractivity contribution in [1.29, 1.82) is 0 Å². The molecule has 1 heterocycles. The second kappa shape index (κ2) is 6.49. The van der Waals surface area contributed by atoms with E-state index in [1.54, 1.807) is 0 Å². The van der Waals surface area contributed by atoms with Crippen LogP contribution in [0.2, 0.25) is 0 Å². The van der Waals surface area contributed by atoms with Crippen LogP contribution >= 0.6 is 23.1 Å². The fourth-order valence-corrected chi connectivity index (χ4v) is 3.38. The SMILES string of the molecule is CCNC(CSc1cccs1)C(C)C. The zero-order valence-electron chi connectivity index (χ0n) is 9.12. The molecule has 0 aliphatic rings. The number of nitrogens with one attached hydrogen (secondary N) is 1. The van der Waals surface area contributed by atoms with E-state index in [4.69, 9.17) is 0 Å². The summed E-state index contributed by atoms with van der Waals surface area (Å²) in [6.07, 6.45) is 0. The molecule has 80 valence electrons. The minimum Gasteiger partial charge on any atom is -0.313 e. The van der Waals surface area contributed by atoms with Crippen molar-refractivity contribution in [2.75, 3.05) is 12.3 Å². The van der Waals surface area contributed by atoms with E-state index in [0.717, 1.165) is 6.54 Å². The van der Waals surface area contributed by atoms with Crippen molar-refractivity contribution in [2.24, 2.45) is 5.92 Å². The van der Waals surface area contributed by atoms with Gasteiger partial charge < -0.3 is 5.32 Å². The largest absolute Gasteiger partial charge is 0.313 e. The van der Waals surface area contributed by atoms with E-state index in [1.807, 2.05) is 23.1 Å². The van der Waals surface area contributed by atoms with Crippen LogP contribution in [0.25, 0.3) is 0 Å². The lowest BCUT2D eigenvalue weighted by atomic mass is 10.1. The molecule has 14 heavy (non-hydrogen) atoms. The van der Waals surface area contributed by atoms with Crippen LogP contribution < -0.4 is 5.32 Å². The third-order valence-electron chi connectivity index (χ3n) is 2.17. The van der Waals surface area contributed by atoms with Gasteiger partial charge in [-0.25, -0.2) is 0 Å². The predicted octanol–water partition coefficient (Wildman–Crippen LogP) is 3.47. The topological polar surface area (TPSA) is 12.0 Å². The van der Waals surface area contributed by atoms with Gasteiger partial charge in [-0.2, -0.15) is 0 Å². The van der Waals surface area contributed by atoms with Crippen LogP contribution in [0.5, 0.6) is 0 Å².